The van der Waals surface area contributed by atoms with E-state index in [-0.39, 0.29) is 10.6 Å². The first-order valence-electron chi connectivity index (χ1n) is 5.58. The molecule has 0 radical (unpaired) electrons. The SMILES string of the molecule is CC(C)(C)[SiH2]OC(C)(C)c1cc(Cl)nc(Cl)c1. The van der Waals surface area contributed by atoms with Gasteiger partial charge in [0.25, 0.3) is 0 Å². The molecule has 0 aliphatic carbocycles. The molecule has 0 unspecified atom stereocenters. The smallest absolute Gasteiger partial charge is 0.168 e. The highest BCUT2D eigenvalue weighted by atomic mass is 35.5. The van der Waals surface area contributed by atoms with Crippen molar-refractivity contribution in [1.82, 2.24) is 4.98 Å². The number of halogens is 2. The Morgan fingerprint density at radius 3 is 1.94 bits per heavy atom. The minimum atomic E-state index is -0.629. The number of rotatable bonds is 3. The summed E-state index contributed by atoms with van der Waals surface area (Å²) >= 11 is 11.8. The lowest BCUT2D eigenvalue weighted by Gasteiger charge is -2.30. The van der Waals surface area contributed by atoms with Crippen LogP contribution in [0, 0.1) is 0 Å². The summed E-state index contributed by atoms with van der Waals surface area (Å²) < 4.78 is 6.08. The molecule has 0 saturated heterocycles. The highest BCUT2D eigenvalue weighted by Gasteiger charge is 2.25. The highest BCUT2D eigenvalue weighted by Crippen LogP contribution is 2.31. The fraction of sp³-hybridized carbons (Fsp3) is 0.583. The van der Waals surface area contributed by atoms with E-state index in [1.54, 1.807) is 0 Å². The van der Waals surface area contributed by atoms with Gasteiger partial charge in [-0.15, -0.1) is 0 Å². The van der Waals surface area contributed by atoms with Crippen molar-refractivity contribution in [2.24, 2.45) is 0 Å². The van der Waals surface area contributed by atoms with E-state index in [1.165, 1.54) is 0 Å². The van der Waals surface area contributed by atoms with Crippen molar-refractivity contribution in [3.63, 3.8) is 0 Å². The number of hydrogen-bond acceptors (Lipinski definition) is 2. The Labute approximate surface area is 116 Å². The summed E-state index contributed by atoms with van der Waals surface area (Å²) in [6.07, 6.45) is 0. The van der Waals surface area contributed by atoms with Crippen molar-refractivity contribution in [3.8, 4) is 0 Å². The predicted octanol–water partition coefficient (Wildman–Crippen LogP) is 3.94. The molecule has 96 valence electrons. The fourth-order valence-electron chi connectivity index (χ4n) is 1.29. The lowest BCUT2D eigenvalue weighted by atomic mass is 10.0. The monoisotopic (exact) mass is 291 g/mol. The molecule has 0 aliphatic rings. The van der Waals surface area contributed by atoms with Gasteiger partial charge >= 0.3 is 0 Å². The second kappa shape index (κ2) is 5.27. The quantitative estimate of drug-likeness (QED) is 0.622. The van der Waals surface area contributed by atoms with Crippen LogP contribution in [-0.2, 0) is 10.0 Å². The van der Waals surface area contributed by atoms with Crippen molar-refractivity contribution < 1.29 is 4.43 Å². The lowest BCUT2D eigenvalue weighted by molar-refractivity contribution is 0.109. The zero-order valence-electron chi connectivity index (χ0n) is 11.0. The number of nitrogens with zero attached hydrogens (tertiary/aromatic N) is 1. The summed E-state index contributed by atoms with van der Waals surface area (Å²) in [5.74, 6) is 0. The van der Waals surface area contributed by atoms with Crippen LogP contribution in [0.5, 0.6) is 0 Å². The average Bonchev–Trinajstić information content (AvgIpc) is 2.12. The first-order valence-corrected chi connectivity index (χ1v) is 7.62. The lowest BCUT2D eigenvalue weighted by Crippen LogP contribution is -2.27. The summed E-state index contributed by atoms with van der Waals surface area (Å²) in [7, 11) is -0.629. The van der Waals surface area contributed by atoms with Crippen LogP contribution in [0.3, 0.4) is 0 Å². The Hall–Kier alpha value is -0.0931. The van der Waals surface area contributed by atoms with E-state index in [0.717, 1.165) is 5.56 Å². The standard InChI is InChI=1S/C12H19Cl2NOSi/c1-11(2,3)17-16-12(4,5)8-6-9(13)15-10(14)7-8/h6-7H,17H2,1-5H3. The van der Waals surface area contributed by atoms with E-state index < -0.39 is 9.76 Å². The first-order chi connectivity index (χ1) is 7.60. The van der Waals surface area contributed by atoms with E-state index in [9.17, 15) is 0 Å². The molecule has 1 heterocycles. The van der Waals surface area contributed by atoms with Gasteiger partial charge in [-0.2, -0.15) is 0 Å². The maximum atomic E-state index is 6.08. The Kier molecular flexibility index (Phi) is 4.64. The van der Waals surface area contributed by atoms with Crippen molar-refractivity contribution in [2.45, 2.75) is 45.3 Å². The van der Waals surface area contributed by atoms with Gasteiger partial charge in [0.2, 0.25) is 0 Å². The zero-order valence-corrected chi connectivity index (χ0v) is 13.9. The topological polar surface area (TPSA) is 22.1 Å². The molecule has 1 aromatic rings. The van der Waals surface area contributed by atoms with Crippen LogP contribution >= 0.6 is 23.2 Å². The zero-order chi connectivity index (χ0) is 13.3. The van der Waals surface area contributed by atoms with E-state index in [1.807, 2.05) is 26.0 Å². The van der Waals surface area contributed by atoms with Crippen LogP contribution in [0.1, 0.15) is 40.2 Å². The molecule has 0 bridgehead atoms. The summed E-state index contributed by atoms with van der Waals surface area (Å²) in [6.45, 7) is 10.7. The van der Waals surface area contributed by atoms with Gasteiger partial charge in [0, 0.05) is 0 Å². The molecular weight excluding hydrogens is 273 g/mol. The second-order valence-corrected chi connectivity index (χ2v) is 9.33. The molecule has 0 amide bonds. The van der Waals surface area contributed by atoms with Gasteiger partial charge in [-0.1, -0.05) is 44.0 Å². The molecular formula is C12H19Cl2NOSi. The van der Waals surface area contributed by atoms with Crippen molar-refractivity contribution in [3.05, 3.63) is 28.0 Å². The highest BCUT2D eigenvalue weighted by molar-refractivity contribution is 6.33. The van der Waals surface area contributed by atoms with Crippen LogP contribution in [0.25, 0.3) is 0 Å². The van der Waals surface area contributed by atoms with Gasteiger partial charge < -0.3 is 4.43 Å². The average molecular weight is 292 g/mol. The summed E-state index contributed by atoms with van der Waals surface area (Å²) in [6, 6.07) is 3.62. The Morgan fingerprint density at radius 2 is 1.53 bits per heavy atom. The molecule has 2 nitrogen and oxygen atoms in total. The molecule has 0 saturated carbocycles. The minimum absolute atomic E-state index is 0.262. The molecule has 0 spiro atoms. The molecule has 1 rings (SSSR count). The van der Waals surface area contributed by atoms with Crippen LogP contribution in [0.15, 0.2) is 12.1 Å². The first kappa shape index (κ1) is 15.0. The third kappa shape index (κ3) is 4.96. The van der Waals surface area contributed by atoms with Gasteiger partial charge in [0.1, 0.15) is 10.3 Å². The van der Waals surface area contributed by atoms with Gasteiger partial charge in [-0.25, -0.2) is 4.98 Å². The minimum Gasteiger partial charge on any atom is -0.415 e. The maximum Gasteiger partial charge on any atom is 0.168 e. The Balaban J connectivity index is 2.88. The van der Waals surface area contributed by atoms with Crippen molar-refractivity contribution >= 4 is 33.0 Å². The van der Waals surface area contributed by atoms with E-state index >= 15 is 0 Å². The number of hydrogen-bond donors (Lipinski definition) is 0. The van der Waals surface area contributed by atoms with Crippen LogP contribution in [-0.4, -0.2) is 14.7 Å². The number of aromatic nitrogens is 1. The summed E-state index contributed by atoms with van der Waals surface area (Å²) in [4.78, 5) is 3.94. The third-order valence-corrected chi connectivity index (χ3v) is 4.44. The summed E-state index contributed by atoms with van der Waals surface area (Å²) in [5.41, 5.74) is 0.606. The molecule has 0 N–H and O–H groups in total. The molecule has 5 heteroatoms. The van der Waals surface area contributed by atoms with E-state index in [4.69, 9.17) is 27.6 Å². The normalized spacial score (nSPS) is 13.6. The van der Waals surface area contributed by atoms with E-state index in [2.05, 4.69) is 25.8 Å². The Bertz CT molecular complexity index is 382. The van der Waals surface area contributed by atoms with Gasteiger partial charge in [-0.05, 0) is 36.6 Å². The van der Waals surface area contributed by atoms with Crippen molar-refractivity contribution in [2.75, 3.05) is 0 Å². The molecule has 17 heavy (non-hydrogen) atoms. The van der Waals surface area contributed by atoms with Gasteiger partial charge in [0.05, 0.1) is 5.60 Å². The molecule has 1 aromatic heterocycles. The van der Waals surface area contributed by atoms with Crippen LogP contribution in [0.4, 0.5) is 0 Å². The second-order valence-electron chi connectivity index (χ2n) is 5.86. The van der Waals surface area contributed by atoms with Gasteiger partial charge in [-0.3, -0.25) is 0 Å². The predicted molar refractivity (Wildman–Crippen MR) is 76.6 cm³/mol. The number of pyridine rings is 1. The molecule has 0 aromatic carbocycles. The molecule has 0 aliphatic heterocycles. The molecule has 0 atom stereocenters. The van der Waals surface area contributed by atoms with Gasteiger partial charge in [0.15, 0.2) is 9.76 Å². The maximum absolute atomic E-state index is 6.08. The van der Waals surface area contributed by atoms with E-state index in [0.29, 0.717) is 10.3 Å². The van der Waals surface area contributed by atoms with Crippen molar-refractivity contribution in [1.29, 1.82) is 0 Å². The van der Waals surface area contributed by atoms with Crippen LogP contribution < -0.4 is 0 Å². The molecule has 0 fully saturated rings. The summed E-state index contributed by atoms with van der Waals surface area (Å²) in [5, 5.41) is 1.07. The Morgan fingerprint density at radius 1 is 1.06 bits per heavy atom. The fourth-order valence-corrected chi connectivity index (χ4v) is 2.71. The third-order valence-electron chi connectivity index (χ3n) is 2.32. The largest absolute Gasteiger partial charge is 0.415 e. The van der Waals surface area contributed by atoms with Crippen LogP contribution in [0.2, 0.25) is 15.3 Å².